The minimum atomic E-state index is -1.98. The number of benzene rings is 6. The summed E-state index contributed by atoms with van der Waals surface area (Å²) in [5.41, 5.74) is 0.544. The zero-order valence-electron chi connectivity index (χ0n) is 43.7. The average molecular weight is 1100 g/mol. The summed E-state index contributed by atoms with van der Waals surface area (Å²) in [6.45, 7) is 5.14. The molecule has 412 valence electrons. The average Bonchev–Trinajstić information content (AvgIpc) is 3.63. The monoisotopic (exact) mass is 1100 g/mol. The lowest BCUT2D eigenvalue weighted by molar-refractivity contribution is -0.356. The number of ether oxygens (including phenoxy) is 11. The van der Waals surface area contributed by atoms with Crippen LogP contribution in [0.3, 0.4) is 0 Å². The highest BCUT2D eigenvalue weighted by atomic mass is 28.3. The quantitative estimate of drug-likeness (QED) is 0.0408. The number of methoxy groups -OCH3 is 1. The van der Waals surface area contributed by atoms with Crippen molar-refractivity contribution >= 4 is 43.9 Å². The Morgan fingerprint density at radius 2 is 0.785 bits per heavy atom. The number of hydrogen-bond acceptors (Lipinski definition) is 18. The van der Waals surface area contributed by atoms with Gasteiger partial charge in [-0.25, -0.2) is 28.8 Å². The van der Waals surface area contributed by atoms with Crippen LogP contribution < -0.4 is 4.74 Å². The molecule has 18 nitrogen and oxygen atoms in total. The van der Waals surface area contributed by atoms with E-state index in [9.17, 15) is 33.9 Å². The van der Waals surface area contributed by atoms with E-state index in [0.717, 1.165) is 0 Å². The van der Waals surface area contributed by atoms with Gasteiger partial charge in [-0.15, -0.1) is 0 Å². The fourth-order valence-corrected chi connectivity index (χ4v) is 9.18. The Balaban J connectivity index is 1.25. The van der Waals surface area contributed by atoms with Gasteiger partial charge in [0.25, 0.3) is 0 Å². The van der Waals surface area contributed by atoms with Crippen molar-refractivity contribution in [3.05, 3.63) is 209 Å². The Bertz CT molecular complexity index is 2960. The van der Waals surface area contributed by atoms with Gasteiger partial charge in [-0.2, -0.15) is 0 Å². The van der Waals surface area contributed by atoms with E-state index >= 15 is 0 Å². The van der Waals surface area contributed by atoms with Gasteiger partial charge in [0.05, 0.1) is 40.5 Å². The van der Waals surface area contributed by atoms with Crippen LogP contribution >= 0.6 is 0 Å². The van der Waals surface area contributed by atoms with E-state index in [0.29, 0.717) is 11.8 Å². The number of aliphatic hydroxyl groups excluding tert-OH is 1. The Kier molecular flexibility index (Phi) is 19.5. The molecule has 0 saturated carbocycles. The Hall–Kier alpha value is -8.04. The molecule has 10 atom stereocenters. The first kappa shape index (κ1) is 57.1. The third kappa shape index (κ3) is 15.4. The van der Waals surface area contributed by atoms with Gasteiger partial charge in [0, 0.05) is 14.7 Å². The molecule has 6 aromatic rings. The Labute approximate surface area is 457 Å². The molecule has 0 aliphatic carbocycles. The fourth-order valence-electron chi connectivity index (χ4n) is 8.45. The molecule has 8 rings (SSSR count). The van der Waals surface area contributed by atoms with Crippen molar-refractivity contribution in [3.63, 3.8) is 0 Å². The zero-order chi connectivity index (χ0) is 55.9. The molecule has 2 heterocycles. The van der Waals surface area contributed by atoms with E-state index in [1.165, 1.54) is 79.9 Å². The van der Waals surface area contributed by atoms with Crippen LogP contribution in [0.5, 0.6) is 5.75 Å². The Morgan fingerprint density at radius 3 is 1.20 bits per heavy atom. The summed E-state index contributed by atoms with van der Waals surface area (Å²) >= 11 is 0. The van der Waals surface area contributed by atoms with Gasteiger partial charge in [0.1, 0.15) is 43.4 Å². The lowest BCUT2D eigenvalue weighted by atomic mass is 9.95. The first-order chi connectivity index (χ1) is 38.1. The molecule has 1 N–H and O–H groups in total. The summed E-state index contributed by atoms with van der Waals surface area (Å²) in [4.78, 5) is 84.5. The molecule has 19 heteroatoms. The van der Waals surface area contributed by atoms with Crippen LogP contribution in [0.1, 0.15) is 62.1 Å². The van der Waals surface area contributed by atoms with E-state index in [1.54, 1.807) is 103 Å². The van der Waals surface area contributed by atoms with Crippen molar-refractivity contribution in [1.29, 1.82) is 0 Å². The summed E-state index contributed by atoms with van der Waals surface area (Å²) in [5.74, 6) is -4.90. The lowest BCUT2D eigenvalue weighted by Crippen LogP contribution is -2.67. The second-order valence-electron chi connectivity index (χ2n) is 19.6. The largest absolute Gasteiger partial charge is 0.497 e. The third-order valence-corrected chi connectivity index (χ3v) is 14.4. The number of esters is 6. The summed E-state index contributed by atoms with van der Waals surface area (Å²) in [7, 11) is -0.353. The predicted molar refractivity (Wildman–Crippen MR) is 285 cm³/mol. The molecule has 0 amide bonds. The maximum atomic E-state index is 14.5. The smallest absolute Gasteiger partial charge is 0.338 e. The van der Waals surface area contributed by atoms with Gasteiger partial charge >= 0.3 is 35.8 Å². The molecular formula is C60H60O18Si. The van der Waals surface area contributed by atoms with E-state index in [4.69, 9.17) is 52.1 Å². The molecule has 0 unspecified atom stereocenters. The molecule has 0 bridgehead atoms. The third-order valence-electron chi connectivity index (χ3n) is 12.7. The van der Waals surface area contributed by atoms with Crippen LogP contribution in [0.2, 0.25) is 25.7 Å². The highest BCUT2D eigenvalue weighted by Gasteiger charge is 2.57. The maximum Gasteiger partial charge on any atom is 0.338 e. The second kappa shape index (κ2) is 27.0. The summed E-state index contributed by atoms with van der Waals surface area (Å²) in [6, 6.07) is 46.2. The first-order valence-corrected chi connectivity index (χ1v) is 29.2. The molecule has 2 fully saturated rings. The van der Waals surface area contributed by atoms with E-state index in [-0.39, 0.29) is 40.0 Å². The van der Waals surface area contributed by atoms with Gasteiger partial charge in [0.15, 0.2) is 37.0 Å². The minimum Gasteiger partial charge on any atom is -0.497 e. The van der Waals surface area contributed by atoms with Crippen molar-refractivity contribution in [2.45, 2.75) is 87.1 Å². The van der Waals surface area contributed by atoms with Crippen LogP contribution in [0.4, 0.5) is 0 Å². The molecule has 2 saturated heterocycles. The normalized spacial score (nSPS) is 22.7. The van der Waals surface area contributed by atoms with Crippen molar-refractivity contribution < 1.29 is 86.0 Å². The summed E-state index contributed by atoms with van der Waals surface area (Å²) in [5, 5.41) is 12.3. The van der Waals surface area contributed by atoms with Gasteiger partial charge in [0.2, 0.25) is 0 Å². The van der Waals surface area contributed by atoms with Crippen LogP contribution in [0.25, 0.3) is 0 Å². The Morgan fingerprint density at radius 1 is 0.430 bits per heavy atom. The number of rotatable bonds is 21. The number of hydrogen-bond donors (Lipinski definition) is 1. The number of aliphatic hydroxyl groups is 1. The van der Waals surface area contributed by atoms with Crippen molar-refractivity contribution in [2.24, 2.45) is 0 Å². The molecule has 0 radical (unpaired) electrons. The molecular weight excluding hydrogens is 1040 g/mol. The maximum absolute atomic E-state index is 14.5. The van der Waals surface area contributed by atoms with E-state index in [1.807, 2.05) is 0 Å². The van der Waals surface area contributed by atoms with E-state index in [2.05, 4.69) is 19.6 Å². The first-order valence-electron chi connectivity index (χ1n) is 25.5. The molecule has 2 aliphatic heterocycles. The molecule has 2 aliphatic rings. The number of carbonyl (C=O) groups excluding carboxylic acids is 6. The van der Waals surface area contributed by atoms with Crippen molar-refractivity contribution in [1.82, 2.24) is 0 Å². The van der Waals surface area contributed by atoms with Gasteiger partial charge in [-0.3, -0.25) is 0 Å². The van der Waals surface area contributed by atoms with Crippen molar-refractivity contribution in [3.8, 4) is 5.75 Å². The predicted octanol–water partition coefficient (Wildman–Crippen LogP) is 8.16. The standard InChI is InChI=1S/C60H60O18Si/c1-68-44-32-30-43(31-33-44)54(63)70-36-45-47(61)49(74-55(64)39-22-12-6-13-23-39)51(76-57(66)41-26-16-8-17-27-41)60(72-45)78-48-46(37-71-53(62)38-20-10-5-11-21-38)73-59(69-34-35-79(2,3)4)52(77-58(67)42-28-18-9-19-29-42)50(48)75-56(65)40-24-14-7-15-25-40/h5-33,45-52,59-61H,34-37H2,1-4H3/t45-,46-,47+,48-,49+,50+,51-,52-,59-,60+/m1/s1. The van der Waals surface area contributed by atoms with Crippen LogP contribution in [0.15, 0.2) is 176 Å². The summed E-state index contributed by atoms with van der Waals surface area (Å²) in [6.07, 6.45) is -17.5. The molecule has 0 aromatic heterocycles. The van der Waals surface area contributed by atoms with Crippen LogP contribution in [-0.4, -0.2) is 137 Å². The van der Waals surface area contributed by atoms with Crippen LogP contribution in [0, 0.1) is 0 Å². The second-order valence-corrected chi connectivity index (χ2v) is 25.2. The lowest BCUT2D eigenvalue weighted by Gasteiger charge is -2.48. The topological polar surface area (TPSA) is 224 Å². The highest BCUT2D eigenvalue weighted by Crippen LogP contribution is 2.36. The van der Waals surface area contributed by atoms with Gasteiger partial charge in [-0.05, 0) is 91.0 Å². The molecule has 6 aromatic carbocycles. The summed E-state index contributed by atoms with van der Waals surface area (Å²) < 4.78 is 68.3. The van der Waals surface area contributed by atoms with Gasteiger partial charge in [-0.1, -0.05) is 111 Å². The van der Waals surface area contributed by atoms with Gasteiger partial charge < -0.3 is 57.2 Å². The number of carbonyl (C=O) groups is 6. The SMILES string of the molecule is COc1ccc(C(=O)OC[C@H]2O[C@@H](O[C@H]3[C@H](OC(=O)c4ccccc4)[C@@H](OC(=O)c4ccccc4)[C@H](OCC[Si](C)(C)C)O[C@@H]3COC(=O)c3ccccc3)[C@H](OC(=O)c3ccccc3)[C@@H](OC(=O)c3ccccc3)[C@H]2O)cc1. The van der Waals surface area contributed by atoms with Crippen molar-refractivity contribution in [2.75, 3.05) is 26.9 Å². The molecule has 0 spiro atoms. The van der Waals surface area contributed by atoms with E-state index < -0.39 is 119 Å². The fraction of sp³-hybridized carbons (Fsp3) is 0.300. The highest BCUT2D eigenvalue weighted by molar-refractivity contribution is 6.76. The van der Waals surface area contributed by atoms with Crippen LogP contribution in [-0.2, 0) is 47.4 Å². The molecule has 79 heavy (non-hydrogen) atoms. The minimum absolute atomic E-state index is 0.0342. The zero-order valence-corrected chi connectivity index (χ0v) is 44.7.